The summed E-state index contributed by atoms with van der Waals surface area (Å²) in [6, 6.07) is 0. The van der Waals surface area contributed by atoms with Gasteiger partial charge in [-0.05, 0) is 30.6 Å². The molecule has 2 aliphatic rings. The molecule has 0 amide bonds. The molecule has 0 aliphatic heterocycles. The topological polar surface area (TPSA) is 21.6 Å². The first-order chi connectivity index (χ1) is 7.02. The highest BCUT2D eigenvalue weighted by atomic mass is 16.6. The van der Waals surface area contributed by atoms with Crippen molar-refractivity contribution in [3.8, 4) is 12.0 Å². The summed E-state index contributed by atoms with van der Waals surface area (Å²) in [4.78, 5) is 5.00. The van der Waals surface area contributed by atoms with Gasteiger partial charge < -0.3 is 4.84 Å². The maximum atomic E-state index is 5.00. The minimum Gasteiger partial charge on any atom is -0.304 e. The predicted molar refractivity (Wildman–Crippen MR) is 61.2 cm³/mol. The third-order valence-corrected chi connectivity index (χ3v) is 4.82. The fraction of sp³-hybridized carbons (Fsp3) is 0.769. The van der Waals surface area contributed by atoms with Gasteiger partial charge in [0.2, 0.25) is 0 Å². The Bertz CT molecular complexity index is 358. The molecule has 0 aromatic carbocycles. The molecule has 0 aromatic heterocycles. The van der Waals surface area contributed by atoms with Crippen LogP contribution in [0.1, 0.15) is 47.0 Å². The van der Waals surface area contributed by atoms with Crippen LogP contribution in [0.25, 0.3) is 0 Å². The zero-order chi connectivity index (χ0) is 11.1. The van der Waals surface area contributed by atoms with E-state index in [-0.39, 0.29) is 5.41 Å². The van der Waals surface area contributed by atoms with Crippen LogP contribution < -0.4 is 0 Å². The number of hydrogen-bond acceptors (Lipinski definition) is 2. The van der Waals surface area contributed by atoms with Crippen molar-refractivity contribution < 1.29 is 4.84 Å². The van der Waals surface area contributed by atoms with Crippen LogP contribution in [0.4, 0.5) is 0 Å². The Morgan fingerprint density at radius 2 is 2.13 bits per heavy atom. The molecule has 0 saturated heterocycles. The molecular formula is C13H19NO. The number of nitrogens with zero attached hydrogens (tertiary/aromatic N) is 1. The van der Waals surface area contributed by atoms with E-state index in [2.05, 4.69) is 38.0 Å². The SMILES string of the molecule is CC#CO/N=C1\CC2CCC1(C)C2(C)C. The van der Waals surface area contributed by atoms with Crippen LogP contribution in [0.5, 0.6) is 0 Å². The van der Waals surface area contributed by atoms with Gasteiger partial charge in [0.1, 0.15) is 6.11 Å². The normalized spacial score (nSPS) is 38.9. The maximum absolute atomic E-state index is 5.00. The van der Waals surface area contributed by atoms with Crippen molar-refractivity contribution in [2.75, 3.05) is 0 Å². The Balaban J connectivity index is 2.24. The molecule has 2 fully saturated rings. The second kappa shape index (κ2) is 3.27. The number of oxime groups is 1. The van der Waals surface area contributed by atoms with E-state index in [1.165, 1.54) is 18.6 Å². The fourth-order valence-corrected chi connectivity index (χ4v) is 3.19. The lowest BCUT2D eigenvalue weighted by Crippen LogP contribution is -2.32. The molecule has 15 heavy (non-hydrogen) atoms. The monoisotopic (exact) mass is 205 g/mol. The lowest BCUT2D eigenvalue weighted by Gasteiger charge is -2.33. The van der Waals surface area contributed by atoms with E-state index in [9.17, 15) is 0 Å². The predicted octanol–water partition coefficient (Wildman–Crippen LogP) is 3.19. The number of rotatable bonds is 1. The van der Waals surface area contributed by atoms with Gasteiger partial charge in [-0.1, -0.05) is 31.8 Å². The van der Waals surface area contributed by atoms with E-state index in [0.717, 1.165) is 12.3 Å². The maximum Gasteiger partial charge on any atom is 0.148 e. The summed E-state index contributed by atoms with van der Waals surface area (Å²) in [5.74, 6) is 3.47. The molecule has 0 radical (unpaired) electrons. The molecular weight excluding hydrogens is 186 g/mol. The van der Waals surface area contributed by atoms with Gasteiger partial charge in [0.05, 0.1) is 5.71 Å². The quantitative estimate of drug-likeness (QED) is 0.476. The van der Waals surface area contributed by atoms with Gasteiger partial charge in [-0.2, -0.15) is 0 Å². The van der Waals surface area contributed by atoms with Crippen LogP contribution >= 0.6 is 0 Å². The molecule has 2 unspecified atom stereocenters. The van der Waals surface area contributed by atoms with E-state index < -0.39 is 0 Å². The molecule has 0 aromatic rings. The standard InChI is InChI=1S/C13H19NO/c1-5-8-15-14-11-9-10-6-7-13(11,4)12(10,2)3/h10H,6-7,9H2,1-4H3/b14-11+. The van der Waals surface area contributed by atoms with Crippen molar-refractivity contribution in [2.24, 2.45) is 21.9 Å². The third-order valence-electron chi connectivity index (χ3n) is 4.82. The Kier molecular flexibility index (Phi) is 2.30. The summed E-state index contributed by atoms with van der Waals surface area (Å²) >= 11 is 0. The minimum absolute atomic E-state index is 0.229. The highest BCUT2D eigenvalue weighted by Gasteiger charge is 2.60. The molecule has 2 saturated carbocycles. The Morgan fingerprint density at radius 3 is 2.60 bits per heavy atom. The molecule has 2 heteroatoms. The number of fused-ring (bicyclic) bond motifs is 2. The molecule has 2 atom stereocenters. The van der Waals surface area contributed by atoms with Crippen molar-refractivity contribution in [3.63, 3.8) is 0 Å². The van der Waals surface area contributed by atoms with Gasteiger partial charge in [0, 0.05) is 12.3 Å². The summed E-state index contributed by atoms with van der Waals surface area (Å²) < 4.78 is 0. The van der Waals surface area contributed by atoms with Crippen LogP contribution in [0.2, 0.25) is 0 Å². The van der Waals surface area contributed by atoms with Gasteiger partial charge in [0.15, 0.2) is 0 Å². The number of hydrogen-bond donors (Lipinski definition) is 0. The van der Waals surface area contributed by atoms with E-state index in [1.807, 2.05) is 0 Å². The summed E-state index contributed by atoms with van der Waals surface area (Å²) in [7, 11) is 0. The lowest BCUT2D eigenvalue weighted by molar-refractivity contribution is 0.190. The van der Waals surface area contributed by atoms with Crippen molar-refractivity contribution >= 4 is 5.71 Å². The molecule has 0 heterocycles. The minimum atomic E-state index is 0.229. The van der Waals surface area contributed by atoms with Gasteiger partial charge in [0.25, 0.3) is 0 Å². The second-order valence-corrected chi connectivity index (χ2v) is 5.47. The summed E-state index contributed by atoms with van der Waals surface area (Å²) in [5.41, 5.74) is 1.81. The average Bonchev–Trinajstić information content (AvgIpc) is 2.51. The van der Waals surface area contributed by atoms with Crippen molar-refractivity contribution in [3.05, 3.63) is 0 Å². The first kappa shape index (κ1) is 10.5. The molecule has 0 N–H and O–H groups in total. The van der Waals surface area contributed by atoms with Crippen molar-refractivity contribution in [2.45, 2.75) is 47.0 Å². The van der Waals surface area contributed by atoms with Crippen LogP contribution in [-0.4, -0.2) is 5.71 Å². The Hall–Kier alpha value is -0.970. The Labute approximate surface area is 92.1 Å². The van der Waals surface area contributed by atoms with E-state index in [0.29, 0.717) is 5.41 Å². The van der Waals surface area contributed by atoms with Gasteiger partial charge >= 0.3 is 0 Å². The van der Waals surface area contributed by atoms with Crippen LogP contribution in [-0.2, 0) is 4.84 Å². The molecule has 2 rings (SSSR count). The smallest absolute Gasteiger partial charge is 0.148 e. The molecule has 82 valence electrons. The highest BCUT2D eigenvalue weighted by molar-refractivity contribution is 5.93. The van der Waals surface area contributed by atoms with Gasteiger partial charge in [-0.15, -0.1) is 0 Å². The summed E-state index contributed by atoms with van der Waals surface area (Å²) in [6.45, 7) is 8.80. The first-order valence-electron chi connectivity index (χ1n) is 5.67. The lowest BCUT2D eigenvalue weighted by atomic mass is 9.70. The summed E-state index contributed by atoms with van der Waals surface area (Å²) in [6.07, 6.45) is 6.21. The van der Waals surface area contributed by atoms with E-state index >= 15 is 0 Å². The second-order valence-electron chi connectivity index (χ2n) is 5.47. The highest BCUT2D eigenvalue weighted by Crippen LogP contribution is 2.63. The van der Waals surface area contributed by atoms with Crippen LogP contribution in [0, 0.1) is 28.8 Å². The average molecular weight is 205 g/mol. The van der Waals surface area contributed by atoms with E-state index in [1.54, 1.807) is 6.92 Å². The molecule has 2 aliphatic carbocycles. The van der Waals surface area contributed by atoms with Crippen LogP contribution in [0.3, 0.4) is 0 Å². The zero-order valence-electron chi connectivity index (χ0n) is 10.1. The van der Waals surface area contributed by atoms with Crippen LogP contribution in [0.15, 0.2) is 5.16 Å². The largest absolute Gasteiger partial charge is 0.304 e. The fourth-order valence-electron chi connectivity index (χ4n) is 3.19. The molecule has 0 spiro atoms. The third kappa shape index (κ3) is 1.29. The zero-order valence-corrected chi connectivity index (χ0v) is 10.1. The Morgan fingerprint density at radius 1 is 1.40 bits per heavy atom. The summed E-state index contributed by atoms with van der Waals surface area (Å²) in [5, 5.41) is 4.21. The van der Waals surface area contributed by atoms with Gasteiger partial charge in [-0.3, -0.25) is 0 Å². The van der Waals surface area contributed by atoms with E-state index in [4.69, 9.17) is 4.84 Å². The first-order valence-corrected chi connectivity index (χ1v) is 5.67. The molecule has 2 bridgehead atoms. The van der Waals surface area contributed by atoms with Gasteiger partial charge in [-0.25, -0.2) is 0 Å². The van der Waals surface area contributed by atoms with Crippen molar-refractivity contribution in [1.29, 1.82) is 0 Å². The molecule has 2 nitrogen and oxygen atoms in total. The van der Waals surface area contributed by atoms with Crippen molar-refractivity contribution in [1.82, 2.24) is 0 Å².